The highest BCUT2D eigenvalue weighted by Gasteiger charge is 2.35. The fourth-order valence-corrected chi connectivity index (χ4v) is 6.24. The first kappa shape index (κ1) is 38.1. The molecule has 0 spiro atoms. The molecule has 1 aromatic rings. The van der Waals surface area contributed by atoms with E-state index in [4.69, 9.17) is 4.74 Å². The molecule has 47 heavy (non-hydrogen) atoms. The first-order chi connectivity index (χ1) is 22.1. The Kier molecular flexibility index (Phi) is 14.3. The minimum atomic E-state index is -1.38. The molecular formula is C35H57N5O7. The number of carbonyl (C=O) groups is 4. The predicted molar refractivity (Wildman–Crippen MR) is 179 cm³/mol. The van der Waals surface area contributed by atoms with Gasteiger partial charge >= 0.3 is 12.1 Å². The molecule has 6 N–H and O–H groups in total. The number of hydrogen-bond donors (Lipinski definition) is 6. The fourth-order valence-electron chi connectivity index (χ4n) is 6.24. The molecule has 0 aromatic heterocycles. The van der Waals surface area contributed by atoms with E-state index in [9.17, 15) is 29.4 Å². The number of piperidine rings is 1. The molecule has 3 rings (SSSR count). The Labute approximate surface area is 279 Å². The van der Waals surface area contributed by atoms with Crippen LogP contribution in [0.1, 0.15) is 98.0 Å². The Hall–Kier alpha value is -3.38. The number of alkyl carbamates (subject to hydrolysis) is 1. The molecule has 264 valence electrons. The highest BCUT2D eigenvalue weighted by Crippen LogP contribution is 2.29. The molecule has 5 amide bonds. The molecule has 2 aliphatic rings. The number of aliphatic hydroxyl groups is 2. The van der Waals surface area contributed by atoms with Gasteiger partial charge in [0.1, 0.15) is 17.7 Å². The lowest BCUT2D eigenvalue weighted by molar-refractivity contribution is -0.126. The van der Waals surface area contributed by atoms with E-state index < -0.39 is 41.4 Å². The third-order valence-corrected chi connectivity index (χ3v) is 8.81. The molecule has 12 heteroatoms. The van der Waals surface area contributed by atoms with Crippen molar-refractivity contribution in [2.24, 2.45) is 5.92 Å². The van der Waals surface area contributed by atoms with Gasteiger partial charge in [0.2, 0.25) is 11.8 Å². The van der Waals surface area contributed by atoms with Gasteiger partial charge in [-0.3, -0.25) is 9.59 Å². The zero-order valence-electron chi connectivity index (χ0n) is 28.8. The minimum Gasteiger partial charge on any atom is -0.444 e. The maximum Gasteiger partial charge on any atom is 0.407 e. The third-order valence-electron chi connectivity index (χ3n) is 8.81. The molecule has 0 unspecified atom stereocenters. The number of ether oxygens (including phenoxy) is 1. The maximum atomic E-state index is 13.3. The van der Waals surface area contributed by atoms with E-state index in [1.807, 2.05) is 30.3 Å². The fraction of sp³-hybridized carbons (Fsp3) is 0.714. The van der Waals surface area contributed by atoms with Gasteiger partial charge in [-0.1, -0.05) is 62.4 Å². The predicted octanol–water partition coefficient (Wildman–Crippen LogP) is 3.39. The molecule has 1 saturated heterocycles. The molecule has 12 nitrogen and oxygen atoms in total. The van der Waals surface area contributed by atoms with E-state index >= 15 is 0 Å². The smallest absolute Gasteiger partial charge is 0.407 e. The van der Waals surface area contributed by atoms with Crippen LogP contribution in [0.2, 0.25) is 0 Å². The summed E-state index contributed by atoms with van der Waals surface area (Å²) in [6, 6.07) is 7.41. The number of likely N-dealkylation sites (tertiary alicyclic amines) is 1. The summed E-state index contributed by atoms with van der Waals surface area (Å²) in [6.45, 7) is 9.32. The van der Waals surface area contributed by atoms with Gasteiger partial charge in [-0.25, -0.2) is 9.59 Å². The molecule has 0 radical (unpaired) electrons. The van der Waals surface area contributed by atoms with Crippen LogP contribution in [-0.4, -0.2) is 94.1 Å². The molecular weight excluding hydrogens is 602 g/mol. The van der Waals surface area contributed by atoms with Crippen molar-refractivity contribution in [1.29, 1.82) is 0 Å². The zero-order chi connectivity index (χ0) is 34.6. The highest BCUT2D eigenvalue weighted by molar-refractivity contribution is 5.87. The summed E-state index contributed by atoms with van der Waals surface area (Å²) in [6.07, 6.45) is 5.85. The lowest BCUT2D eigenvalue weighted by Crippen LogP contribution is -2.55. The van der Waals surface area contributed by atoms with Crippen molar-refractivity contribution in [3.05, 3.63) is 35.9 Å². The summed E-state index contributed by atoms with van der Waals surface area (Å²) in [4.78, 5) is 53.3. The van der Waals surface area contributed by atoms with Crippen LogP contribution in [0.3, 0.4) is 0 Å². The molecule has 1 aliphatic carbocycles. The van der Waals surface area contributed by atoms with E-state index in [0.717, 1.165) is 31.2 Å². The summed E-state index contributed by atoms with van der Waals surface area (Å²) in [5.74, 6) is -0.368. The normalized spacial score (nSPS) is 18.4. The second-order valence-electron chi connectivity index (χ2n) is 14.7. The number of aliphatic hydroxyl groups excluding tert-OH is 1. The topological polar surface area (TPSA) is 169 Å². The quantitative estimate of drug-likeness (QED) is 0.189. The summed E-state index contributed by atoms with van der Waals surface area (Å²) < 4.78 is 5.34. The molecule has 1 saturated carbocycles. The van der Waals surface area contributed by atoms with Gasteiger partial charge < -0.3 is 41.1 Å². The highest BCUT2D eigenvalue weighted by atomic mass is 16.6. The number of urea groups is 1. The number of nitrogens with one attached hydrogen (secondary N) is 4. The largest absolute Gasteiger partial charge is 0.444 e. The Bertz CT molecular complexity index is 1150. The summed E-state index contributed by atoms with van der Waals surface area (Å²) >= 11 is 0. The summed E-state index contributed by atoms with van der Waals surface area (Å²) in [7, 11) is 0. The van der Waals surface area contributed by atoms with Crippen LogP contribution < -0.4 is 21.3 Å². The van der Waals surface area contributed by atoms with E-state index in [0.29, 0.717) is 38.3 Å². The van der Waals surface area contributed by atoms with Crippen LogP contribution in [0.4, 0.5) is 9.59 Å². The van der Waals surface area contributed by atoms with E-state index in [1.54, 1.807) is 25.7 Å². The van der Waals surface area contributed by atoms with Crippen LogP contribution in [0.15, 0.2) is 30.3 Å². The van der Waals surface area contributed by atoms with Crippen LogP contribution in [0.25, 0.3) is 0 Å². The molecule has 3 atom stereocenters. The van der Waals surface area contributed by atoms with Crippen LogP contribution in [0.5, 0.6) is 0 Å². The Morgan fingerprint density at radius 2 is 1.57 bits per heavy atom. The molecule has 0 bridgehead atoms. The standard InChI is InChI=1S/C35H57N5O7/c1-34(2,3)47-33(45)37-26-17-20-40(21-18-26)32(44)39-28(23-25-14-10-7-11-15-25)31(43)36-19-16-29(41)38-27(30(42)35(4,5)46)22-24-12-8-6-9-13-24/h7,10-11,14-15,24,26-28,30,42,46H,6,8-9,12-13,16-23H2,1-5H3,(H,36,43)(H,37,45)(H,38,41)(H,39,44)/t27-,28-,30-/m0/s1. The number of rotatable bonds is 13. The van der Waals surface area contributed by atoms with Crippen molar-refractivity contribution in [3.63, 3.8) is 0 Å². The first-order valence-corrected chi connectivity index (χ1v) is 17.2. The van der Waals surface area contributed by atoms with E-state index in [1.165, 1.54) is 20.3 Å². The van der Waals surface area contributed by atoms with Crippen molar-refractivity contribution in [3.8, 4) is 0 Å². The minimum absolute atomic E-state index is 0.0182. The molecule has 2 fully saturated rings. The van der Waals surface area contributed by atoms with E-state index in [-0.39, 0.29) is 37.4 Å². The van der Waals surface area contributed by atoms with Crippen LogP contribution in [0, 0.1) is 5.92 Å². The number of benzene rings is 1. The number of carbonyl (C=O) groups excluding carboxylic acids is 4. The van der Waals surface area contributed by atoms with Gasteiger partial charge in [0.05, 0.1) is 11.6 Å². The number of hydrogen-bond acceptors (Lipinski definition) is 7. The third kappa shape index (κ3) is 13.7. The molecule has 1 aliphatic heterocycles. The molecule has 1 heterocycles. The van der Waals surface area contributed by atoms with E-state index in [2.05, 4.69) is 21.3 Å². The van der Waals surface area contributed by atoms with Crippen molar-refractivity contribution >= 4 is 23.9 Å². The summed E-state index contributed by atoms with van der Waals surface area (Å²) in [5.41, 5.74) is -1.11. The average molecular weight is 660 g/mol. The second-order valence-corrected chi connectivity index (χ2v) is 14.7. The van der Waals surface area contributed by atoms with Gasteiger partial charge in [0, 0.05) is 38.5 Å². The lowest BCUT2D eigenvalue weighted by Gasteiger charge is -2.35. The van der Waals surface area contributed by atoms with Gasteiger partial charge in [-0.15, -0.1) is 0 Å². The van der Waals surface area contributed by atoms with Crippen molar-refractivity contribution in [2.75, 3.05) is 19.6 Å². The van der Waals surface area contributed by atoms with Gasteiger partial charge in [0.15, 0.2) is 0 Å². The average Bonchev–Trinajstić information content (AvgIpc) is 3.00. The van der Waals surface area contributed by atoms with Gasteiger partial charge in [-0.05, 0) is 65.4 Å². The maximum absolute atomic E-state index is 13.3. The van der Waals surface area contributed by atoms with Crippen molar-refractivity contribution in [2.45, 2.75) is 134 Å². The monoisotopic (exact) mass is 659 g/mol. The zero-order valence-corrected chi connectivity index (χ0v) is 28.8. The first-order valence-electron chi connectivity index (χ1n) is 17.2. The van der Waals surface area contributed by atoms with Gasteiger partial charge in [0.25, 0.3) is 0 Å². The van der Waals surface area contributed by atoms with Crippen LogP contribution >= 0.6 is 0 Å². The SMILES string of the molecule is CC(C)(C)OC(=O)NC1CCN(C(=O)N[C@@H](Cc2ccccc2)C(=O)NCCC(=O)N[C@@H](CC2CCCCC2)[C@H](O)C(C)(C)O)CC1. The number of amides is 5. The number of nitrogens with zero attached hydrogens (tertiary/aromatic N) is 1. The second kappa shape index (κ2) is 17.7. The summed E-state index contributed by atoms with van der Waals surface area (Å²) in [5, 5.41) is 32.7. The van der Waals surface area contributed by atoms with Crippen LogP contribution in [-0.2, 0) is 20.7 Å². The van der Waals surface area contributed by atoms with Crippen molar-refractivity contribution < 1.29 is 34.1 Å². The molecule has 1 aromatic carbocycles. The van der Waals surface area contributed by atoms with Gasteiger partial charge in [-0.2, -0.15) is 0 Å². The Morgan fingerprint density at radius 1 is 0.936 bits per heavy atom. The Morgan fingerprint density at radius 3 is 2.17 bits per heavy atom. The van der Waals surface area contributed by atoms with Crippen molar-refractivity contribution in [1.82, 2.24) is 26.2 Å². The Balaban J connectivity index is 1.53. The lowest BCUT2D eigenvalue weighted by atomic mass is 9.81.